The van der Waals surface area contributed by atoms with Crippen molar-refractivity contribution in [3.63, 3.8) is 0 Å². The van der Waals surface area contributed by atoms with Gasteiger partial charge in [-0.2, -0.15) is 0 Å². The first-order chi connectivity index (χ1) is 18.1. The monoisotopic (exact) mass is 508 g/mol. The summed E-state index contributed by atoms with van der Waals surface area (Å²) in [6.45, 7) is 8.08. The first-order valence-corrected chi connectivity index (χ1v) is 12.6. The minimum absolute atomic E-state index is 0.138. The molecule has 0 spiro atoms. The highest BCUT2D eigenvalue weighted by atomic mass is 16.5. The maximum atomic E-state index is 12.8. The second-order valence-electron chi connectivity index (χ2n) is 9.07. The van der Waals surface area contributed by atoms with Crippen LogP contribution in [-0.2, 0) is 17.8 Å². The number of nitrogens with one attached hydrogen (secondary N) is 1. The summed E-state index contributed by atoms with van der Waals surface area (Å²) < 4.78 is 22.2. The summed E-state index contributed by atoms with van der Waals surface area (Å²) in [6.07, 6.45) is 1.43. The van der Waals surface area contributed by atoms with E-state index < -0.39 is 0 Å². The van der Waals surface area contributed by atoms with Crippen molar-refractivity contribution in [2.24, 2.45) is 0 Å². The fraction of sp³-hybridized carbons (Fsp3) is 0.429. The molecule has 1 unspecified atom stereocenters. The zero-order valence-corrected chi connectivity index (χ0v) is 21.8. The Morgan fingerprint density at radius 3 is 2.62 bits per heavy atom. The molecule has 0 bridgehead atoms. The van der Waals surface area contributed by atoms with Crippen molar-refractivity contribution in [2.45, 2.75) is 26.1 Å². The van der Waals surface area contributed by atoms with Crippen molar-refractivity contribution in [1.29, 1.82) is 0 Å². The topological polar surface area (TPSA) is 89.3 Å². The van der Waals surface area contributed by atoms with Gasteiger partial charge in [0, 0.05) is 44.4 Å². The van der Waals surface area contributed by atoms with E-state index >= 15 is 0 Å². The van der Waals surface area contributed by atoms with Gasteiger partial charge in [-0.15, -0.1) is 0 Å². The lowest BCUT2D eigenvalue weighted by Crippen LogP contribution is -2.41. The molecule has 2 heterocycles. The SMILES string of the molecule is COc1ccc(CN(CCN2CCOCC2)Cc2nc(C(=O)NC(C)c3ccccc3)co2)c(OC)c1. The zero-order valence-electron chi connectivity index (χ0n) is 21.8. The highest BCUT2D eigenvalue weighted by Crippen LogP contribution is 2.26. The Morgan fingerprint density at radius 2 is 1.89 bits per heavy atom. The van der Waals surface area contributed by atoms with Crippen LogP contribution in [0.4, 0.5) is 0 Å². The fourth-order valence-corrected chi connectivity index (χ4v) is 4.32. The van der Waals surface area contributed by atoms with Crippen molar-refractivity contribution in [1.82, 2.24) is 20.1 Å². The van der Waals surface area contributed by atoms with E-state index in [4.69, 9.17) is 18.6 Å². The Morgan fingerprint density at radius 1 is 1.11 bits per heavy atom. The molecule has 1 aromatic heterocycles. The van der Waals surface area contributed by atoms with Crippen LogP contribution in [0.25, 0.3) is 0 Å². The standard InChI is InChI=1S/C28H36N4O5/c1-21(22-7-5-4-6-8-22)29-28(33)25-20-37-27(30-25)19-32(12-11-31-13-15-36-16-14-31)18-23-9-10-24(34-2)17-26(23)35-3/h4-10,17,20-21H,11-16,18-19H2,1-3H3,(H,29,33). The average Bonchev–Trinajstić information content (AvgIpc) is 3.41. The molecule has 1 fully saturated rings. The normalized spacial score (nSPS) is 14.9. The van der Waals surface area contributed by atoms with Crippen molar-refractivity contribution in [2.75, 3.05) is 53.6 Å². The second-order valence-corrected chi connectivity index (χ2v) is 9.07. The van der Waals surface area contributed by atoms with Gasteiger partial charge in [0.1, 0.15) is 17.8 Å². The van der Waals surface area contributed by atoms with E-state index in [1.165, 1.54) is 6.26 Å². The number of amides is 1. The van der Waals surface area contributed by atoms with Gasteiger partial charge in [0.05, 0.1) is 40.0 Å². The molecule has 3 aromatic rings. The molecule has 1 saturated heterocycles. The summed E-state index contributed by atoms with van der Waals surface area (Å²) in [6, 6.07) is 15.5. The Hall–Kier alpha value is -3.40. The largest absolute Gasteiger partial charge is 0.497 e. The van der Waals surface area contributed by atoms with Crippen LogP contribution in [0.15, 0.2) is 59.2 Å². The Bertz CT molecular complexity index is 1130. The van der Waals surface area contributed by atoms with Crippen LogP contribution < -0.4 is 14.8 Å². The van der Waals surface area contributed by atoms with Gasteiger partial charge in [-0.1, -0.05) is 36.4 Å². The summed E-state index contributed by atoms with van der Waals surface area (Å²) in [5.41, 5.74) is 2.33. The number of carbonyl (C=O) groups excluding carboxylic acids is 1. The number of aromatic nitrogens is 1. The molecule has 1 aliphatic heterocycles. The van der Waals surface area contributed by atoms with Gasteiger partial charge in [-0.3, -0.25) is 14.6 Å². The molecule has 0 aliphatic carbocycles. The number of methoxy groups -OCH3 is 2. The molecule has 2 aromatic carbocycles. The number of morpholine rings is 1. The predicted octanol–water partition coefficient (Wildman–Crippen LogP) is 3.52. The van der Waals surface area contributed by atoms with E-state index in [1.807, 2.05) is 55.5 Å². The summed E-state index contributed by atoms with van der Waals surface area (Å²) in [5.74, 6) is 1.74. The maximum Gasteiger partial charge on any atom is 0.273 e. The van der Waals surface area contributed by atoms with Gasteiger partial charge < -0.3 is 23.9 Å². The van der Waals surface area contributed by atoms with Crippen molar-refractivity contribution < 1.29 is 23.4 Å². The Kier molecular flexibility index (Phi) is 9.53. The van der Waals surface area contributed by atoms with Gasteiger partial charge in [-0.05, 0) is 18.6 Å². The number of carbonyl (C=O) groups is 1. The van der Waals surface area contributed by atoms with E-state index in [0.717, 1.165) is 62.0 Å². The van der Waals surface area contributed by atoms with Crippen LogP contribution in [0.2, 0.25) is 0 Å². The van der Waals surface area contributed by atoms with Crippen molar-refractivity contribution in [3.8, 4) is 11.5 Å². The van der Waals surface area contributed by atoms with Crippen LogP contribution in [0.1, 0.15) is 40.5 Å². The maximum absolute atomic E-state index is 12.8. The summed E-state index contributed by atoms with van der Waals surface area (Å²) in [5, 5.41) is 2.99. The van der Waals surface area contributed by atoms with Gasteiger partial charge in [0.15, 0.2) is 5.69 Å². The highest BCUT2D eigenvalue weighted by Gasteiger charge is 2.20. The van der Waals surface area contributed by atoms with Crippen LogP contribution in [0.3, 0.4) is 0 Å². The molecule has 0 saturated carbocycles. The summed E-state index contributed by atoms with van der Waals surface area (Å²) >= 11 is 0. The van der Waals surface area contributed by atoms with Crippen LogP contribution in [0.5, 0.6) is 11.5 Å². The lowest BCUT2D eigenvalue weighted by Gasteiger charge is -2.29. The van der Waals surface area contributed by atoms with E-state index in [1.54, 1.807) is 14.2 Å². The molecule has 0 radical (unpaired) electrons. The molecule has 1 N–H and O–H groups in total. The molecule has 198 valence electrons. The van der Waals surface area contributed by atoms with E-state index in [0.29, 0.717) is 19.0 Å². The highest BCUT2D eigenvalue weighted by molar-refractivity contribution is 5.92. The van der Waals surface area contributed by atoms with Gasteiger partial charge in [0.25, 0.3) is 5.91 Å². The van der Waals surface area contributed by atoms with Crippen LogP contribution >= 0.6 is 0 Å². The Labute approximate surface area is 218 Å². The molecule has 9 nitrogen and oxygen atoms in total. The minimum Gasteiger partial charge on any atom is -0.497 e. The van der Waals surface area contributed by atoms with Gasteiger partial charge in [-0.25, -0.2) is 4.98 Å². The quantitative estimate of drug-likeness (QED) is 0.398. The van der Waals surface area contributed by atoms with Crippen molar-refractivity contribution >= 4 is 5.91 Å². The lowest BCUT2D eigenvalue weighted by atomic mass is 10.1. The van der Waals surface area contributed by atoms with Crippen LogP contribution in [0, 0.1) is 0 Å². The second kappa shape index (κ2) is 13.2. The molecule has 1 aliphatic rings. The minimum atomic E-state index is -0.261. The number of nitrogens with zero attached hydrogens (tertiary/aromatic N) is 3. The van der Waals surface area contributed by atoms with Crippen LogP contribution in [-0.4, -0.2) is 74.3 Å². The number of hydrogen-bond donors (Lipinski definition) is 1. The van der Waals surface area contributed by atoms with E-state index in [-0.39, 0.29) is 17.6 Å². The first-order valence-electron chi connectivity index (χ1n) is 12.6. The molecule has 1 atom stereocenters. The zero-order chi connectivity index (χ0) is 26.0. The third-order valence-electron chi connectivity index (χ3n) is 6.51. The van der Waals surface area contributed by atoms with Gasteiger partial charge >= 0.3 is 0 Å². The number of hydrogen-bond acceptors (Lipinski definition) is 8. The van der Waals surface area contributed by atoms with E-state index in [9.17, 15) is 4.79 Å². The number of benzene rings is 2. The molecule has 4 rings (SSSR count). The molecule has 9 heteroatoms. The lowest BCUT2D eigenvalue weighted by molar-refractivity contribution is 0.0320. The molecule has 37 heavy (non-hydrogen) atoms. The smallest absolute Gasteiger partial charge is 0.273 e. The van der Waals surface area contributed by atoms with Crippen molar-refractivity contribution in [3.05, 3.63) is 77.5 Å². The average molecular weight is 509 g/mol. The summed E-state index contributed by atoms with van der Waals surface area (Å²) in [4.78, 5) is 21.9. The third-order valence-corrected chi connectivity index (χ3v) is 6.51. The molecule has 1 amide bonds. The van der Waals surface area contributed by atoms with Gasteiger partial charge in [0.2, 0.25) is 5.89 Å². The number of rotatable bonds is 12. The fourth-order valence-electron chi connectivity index (χ4n) is 4.32. The predicted molar refractivity (Wildman–Crippen MR) is 140 cm³/mol. The number of ether oxygens (including phenoxy) is 3. The first kappa shape index (κ1) is 26.7. The molecular weight excluding hydrogens is 472 g/mol. The van der Waals surface area contributed by atoms with E-state index in [2.05, 4.69) is 20.1 Å². The number of oxazole rings is 1. The molecular formula is C28H36N4O5. The third kappa shape index (κ3) is 7.55. The summed E-state index contributed by atoms with van der Waals surface area (Å²) in [7, 11) is 3.30. The Balaban J connectivity index is 1.44.